The van der Waals surface area contributed by atoms with Gasteiger partial charge in [-0.2, -0.15) is 0 Å². The fourth-order valence-electron chi connectivity index (χ4n) is 1.93. The van der Waals surface area contributed by atoms with Crippen LogP contribution in [0.2, 0.25) is 0 Å². The Balaban J connectivity index is 2.12. The molecule has 0 N–H and O–H groups in total. The molecule has 0 saturated carbocycles. The van der Waals surface area contributed by atoms with Crippen LogP contribution in [0.5, 0.6) is 11.5 Å². The summed E-state index contributed by atoms with van der Waals surface area (Å²) in [6.45, 7) is 11.2. The van der Waals surface area contributed by atoms with Gasteiger partial charge >= 0.3 is 0 Å². The molecular formula is C17H16FNO. The molecule has 0 amide bonds. The lowest BCUT2D eigenvalue weighted by atomic mass is 10.0. The van der Waals surface area contributed by atoms with E-state index in [-0.39, 0.29) is 11.4 Å². The van der Waals surface area contributed by atoms with Crippen molar-refractivity contribution in [2.45, 2.75) is 20.3 Å². The summed E-state index contributed by atoms with van der Waals surface area (Å²) < 4.78 is 19.2. The Morgan fingerprint density at radius 3 is 2.40 bits per heavy atom. The molecule has 0 unspecified atom stereocenters. The molecule has 0 saturated heterocycles. The molecule has 20 heavy (non-hydrogen) atoms. The number of hydrogen-bond acceptors (Lipinski definition) is 1. The quantitative estimate of drug-likeness (QED) is 0.680. The zero-order valence-electron chi connectivity index (χ0n) is 11.6. The van der Waals surface area contributed by atoms with Crippen molar-refractivity contribution in [1.82, 2.24) is 0 Å². The van der Waals surface area contributed by atoms with Gasteiger partial charge in [0, 0.05) is 0 Å². The first kappa shape index (κ1) is 14.1. The van der Waals surface area contributed by atoms with Gasteiger partial charge in [0.15, 0.2) is 17.3 Å². The fourth-order valence-corrected chi connectivity index (χ4v) is 1.93. The summed E-state index contributed by atoms with van der Waals surface area (Å²) in [6.07, 6.45) is 1.01. The highest BCUT2D eigenvalue weighted by Gasteiger charge is 2.06. The van der Waals surface area contributed by atoms with Crippen molar-refractivity contribution in [1.29, 1.82) is 0 Å². The predicted octanol–water partition coefficient (Wildman–Crippen LogP) is 5.37. The Hall–Kier alpha value is -2.34. The molecule has 2 aromatic rings. The van der Waals surface area contributed by atoms with Crippen LogP contribution in [0, 0.1) is 18.3 Å². The molecule has 0 spiro atoms. The van der Waals surface area contributed by atoms with E-state index in [9.17, 15) is 4.39 Å². The number of rotatable bonds is 4. The summed E-state index contributed by atoms with van der Waals surface area (Å²) in [4.78, 5) is 3.17. The van der Waals surface area contributed by atoms with E-state index in [2.05, 4.69) is 18.7 Å². The van der Waals surface area contributed by atoms with E-state index in [1.165, 1.54) is 17.7 Å². The minimum Gasteiger partial charge on any atom is -0.454 e. The van der Waals surface area contributed by atoms with Crippen LogP contribution in [0.15, 0.2) is 42.5 Å². The SMILES string of the molecule is [C-]#[N+]c1ccc(Oc2ccc(CC(C)C)cc2)c(F)c1. The second-order valence-corrected chi connectivity index (χ2v) is 5.07. The van der Waals surface area contributed by atoms with Crippen LogP contribution < -0.4 is 4.74 Å². The van der Waals surface area contributed by atoms with E-state index in [0.717, 1.165) is 6.42 Å². The summed E-state index contributed by atoms with van der Waals surface area (Å²) in [5, 5.41) is 0. The Bertz CT molecular complexity index is 626. The highest BCUT2D eigenvalue weighted by atomic mass is 19.1. The molecule has 0 atom stereocenters. The number of hydrogen-bond donors (Lipinski definition) is 0. The van der Waals surface area contributed by atoms with Gasteiger partial charge in [-0.05, 0) is 42.2 Å². The average Bonchev–Trinajstić information content (AvgIpc) is 2.42. The van der Waals surface area contributed by atoms with Gasteiger partial charge in [0.2, 0.25) is 0 Å². The summed E-state index contributed by atoms with van der Waals surface area (Å²) >= 11 is 0. The number of nitrogens with zero attached hydrogens (tertiary/aromatic N) is 1. The van der Waals surface area contributed by atoms with Gasteiger partial charge in [0.1, 0.15) is 5.75 Å². The molecule has 102 valence electrons. The highest BCUT2D eigenvalue weighted by molar-refractivity contribution is 5.48. The summed E-state index contributed by atoms with van der Waals surface area (Å²) in [5.41, 5.74) is 1.50. The second-order valence-electron chi connectivity index (χ2n) is 5.07. The molecule has 2 aromatic carbocycles. The van der Waals surface area contributed by atoms with Crippen molar-refractivity contribution in [2.24, 2.45) is 5.92 Å². The molecule has 0 aromatic heterocycles. The lowest BCUT2D eigenvalue weighted by molar-refractivity contribution is 0.442. The van der Waals surface area contributed by atoms with Crippen molar-refractivity contribution in [3.05, 3.63) is 65.3 Å². The van der Waals surface area contributed by atoms with E-state index >= 15 is 0 Å². The third kappa shape index (κ3) is 3.58. The van der Waals surface area contributed by atoms with Crippen molar-refractivity contribution in [2.75, 3.05) is 0 Å². The van der Waals surface area contributed by atoms with Crippen LogP contribution in [0.25, 0.3) is 4.85 Å². The fraction of sp³-hybridized carbons (Fsp3) is 0.235. The second kappa shape index (κ2) is 6.21. The third-order valence-electron chi connectivity index (χ3n) is 2.84. The van der Waals surface area contributed by atoms with Gasteiger partial charge in [-0.3, -0.25) is 0 Å². The van der Waals surface area contributed by atoms with Crippen LogP contribution in [0.4, 0.5) is 10.1 Å². The molecule has 3 heteroatoms. The largest absolute Gasteiger partial charge is 0.454 e. The summed E-state index contributed by atoms with van der Waals surface area (Å²) in [7, 11) is 0. The molecule has 2 nitrogen and oxygen atoms in total. The van der Waals surface area contributed by atoms with Crippen LogP contribution in [0.1, 0.15) is 19.4 Å². The Morgan fingerprint density at radius 1 is 1.15 bits per heavy atom. The average molecular weight is 269 g/mol. The zero-order chi connectivity index (χ0) is 14.5. The smallest absolute Gasteiger partial charge is 0.190 e. The molecule has 0 aliphatic carbocycles. The van der Waals surface area contributed by atoms with Crippen molar-refractivity contribution >= 4 is 5.69 Å². The summed E-state index contributed by atoms with van der Waals surface area (Å²) in [5.74, 6) is 0.797. The maximum atomic E-state index is 13.7. The van der Waals surface area contributed by atoms with Gasteiger partial charge in [0.25, 0.3) is 0 Å². The molecule has 0 bridgehead atoms. The normalized spacial score (nSPS) is 10.3. The van der Waals surface area contributed by atoms with Crippen molar-refractivity contribution in [3.8, 4) is 11.5 Å². The third-order valence-corrected chi connectivity index (χ3v) is 2.84. The van der Waals surface area contributed by atoms with Crippen LogP contribution in [-0.2, 0) is 6.42 Å². The van der Waals surface area contributed by atoms with E-state index in [1.807, 2.05) is 24.3 Å². The van der Waals surface area contributed by atoms with Crippen LogP contribution in [-0.4, -0.2) is 0 Å². The van der Waals surface area contributed by atoms with E-state index < -0.39 is 5.82 Å². The maximum absolute atomic E-state index is 13.7. The maximum Gasteiger partial charge on any atom is 0.190 e. The minimum atomic E-state index is -0.523. The Kier molecular flexibility index (Phi) is 4.37. The topological polar surface area (TPSA) is 13.6 Å². The molecular weight excluding hydrogens is 253 g/mol. The number of ether oxygens (including phenoxy) is 1. The van der Waals surface area contributed by atoms with Gasteiger partial charge in [-0.1, -0.05) is 32.0 Å². The monoisotopic (exact) mass is 269 g/mol. The summed E-state index contributed by atoms with van der Waals surface area (Å²) in [6, 6.07) is 11.8. The van der Waals surface area contributed by atoms with Crippen molar-refractivity contribution in [3.63, 3.8) is 0 Å². The number of halogens is 1. The van der Waals surface area contributed by atoms with Crippen molar-refractivity contribution < 1.29 is 9.13 Å². The van der Waals surface area contributed by atoms with Gasteiger partial charge < -0.3 is 4.74 Å². The minimum absolute atomic E-state index is 0.133. The molecule has 2 rings (SSSR count). The van der Waals surface area contributed by atoms with Gasteiger partial charge in [-0.15, -0.1) is 0 Å². The first-order chi connectivity index (χ1) is 9.58. The van der Waals surface area contributed by atoms with E-state index in [4.69, 9.17) is 11.3 Å². The Labute approximate surface area is 118 Å². The number of benzene rings is 2. The molecule has 0 heterocycles. The van der Waals surface area contributed by atoms with E-state index in [0.29, 0.717) is 11.7 Å². The lowest BCUT2D eigenvalue weighted by Gasteiger charge is -2.09. The van der Waals surface area contributed by atoms with Crippen LogP contribution in [0.3, 0.4) is 0 Å². The van der Waals surface area contributed by atoms with Gasteiger partial charge in [-0.25, -0.2) is 9.24 Å². The Morgan fingerprint density at radius 2 is 1.85 bits per heavy atom. The predicted molar refractivity (Wildman–Crippen MR) is 77.7 cm³/mol. The zero-order valence-corrected chi connectivity index (χ0v) is 11.6. The highest BCUT2D eigenvalue weighted by Crippen LogP contribution is 2.28. The first-order valence-corrected chi connectivity index (χ1v) is 6.52. The van der Waals surface area contributed by atoms with Crippen LogP contribution >= 0.6 is 0 Å². The first-order valence-electron chi connectivity index (χ1n) is 6.52. The molecule has 0 aliphatic rings. The standard InChI is InChI=1S/C17H16FNO/c1-12(2)10-13-4-7-15(8-5-13)20-17-9-6-14(19-3)11-16(17)18/h4-9,11-12H,10H2,1-2H3. The molecule has 0 radical (unpaired) electrons. The molecule has 0 aliphatic heterocycles. The lowest BCUT2D eigenvalue weighted by Crippen LogP contribution is -1.94. The van der Waals surface area contributed by atoms with Gasteiger partial charge in [0.05, 0.1) is 6.57 Å². The molecule has 0 fully saturated rings. The van der Waals surface area contributed by atoms with E-state index in [1.54, 1.807) is 6.07 Å².